The SMILES string of the molecule is CCCCC(=O)NCc1cccc(-c2nc3c(nc(NC)c4ncn(C)c43)o2)c1. The molecule has 0 saturated carbocycles. The van der Waals surface area contributed by atoms with E-state index in [4.69, 9.17) is 9.40 Å². The number of benzene rings is 1. The van der Waals surface area contributed by atoms with Crippen molar-refractivity contribution in [1.82, 2.24) is 24.8 Å². The van der Waals surface area contributed by atoms with Gasteiger partial charge in [-0.15, -0.1) is 0 Å². The van der Waals surface area contributed by atoms with Crippen LogP contribution in [0.1, 0.15) is 31.7 Å². The lowest BCUT2D eigenvalue weighted by Gasteiger charge is -2.06. The molecule has 8 heteroatoms. The van der Waals surface area contributed by atoms with E-state index < -0.39 is 0 Å². The molecule has 150 valence electrons. The second kappa shape index (κ2) is 7.90. The second-order valence-electron chi connectivity index (χ2n) is 7.02. The zero-order chi connectivity index (χ0) is 20.4. The number of aromatic nitrogens is 4. The van der Waals surface area contributed by atoms with E-state index in [-0.39, 0.29) is 5.91 Å². The molecule has 0 spiro atoms. The average Bonchev–Trinajstić information content (AvgIpc) is 3.33. The number of pyridine rings is 1. The van der Waals surface area contributed by atoms with E-state index in [0.717, 1.165) is 35.0 Å². The summed E-state index contributed by atoms with van der Waals surface area (Å²) in [6, 6.07) is 7.82. The fourth-order valence-electron chi connectivity index (χ4n) is 3.32. The quantitative estimate of drug-likeness (QED) is 0.498. The number of amides is 1. The van der Waals surface area contributed by atoms with Crippen LogP contribution < -0.4 is 10.6 Å². The average molecular weight is 392 g/mol. The highest BCUT2D eigenvalue weighted by atomic mass is 16.4. The highest BCUT2D eigenvalue weighted by Crippen LogP contribution is 2.31. The predicted octanol–water partition coefficient (Wildman–Crippen LogP) is 3.62. The summed E-state index contributed by atoms with van der Waals surface area (Å²) < 4.78 is 7.88. The Bertz CT molecular complexity index is 1180. The van der Waals surface area contributed by atoms with E-state index in [1.807, 2.05) is 35.9 Å². The van der Waals surface area contributed by atoms with Crippen molar-refractivity contribution in [2.45, 2.75) is 32.7 Å². The van der Waals surface area contributed by atoms with E-state index in [9.17, 15) is 4.79 Å². The number of aryl methyl sites for hydroxylation is 1. The summed E-state index contributed by atoms with van der Waals surface area (Å²) in [5, 5.41) is 6.02. The van der Waals surface area contributed by atoms with E-state index in [1.165, 1.54) is 0 Å². The minimum absolute atomic E-state index is 0.0708. The van der Waals surface area contributed by atoms with Crippen molar-refractivity contribution in [1.29, 1.82) is 0 Å². The predicted molar refractivity (Wildman–Crippen MR) is 112 cm³/mol. The monoisotopic (exact) mass is 392 g/mol. The minimum Gasteiger partial charge on any atom is -0.418 e. The number of nitrogens with one attached hydrogen (secondary N) is 2. The maximum Gasteiger partial charge on any atom is 0.251 e. The zero-order valence-corrected chi connectivity index (χ0v) is 16.8. The van der Waals surface area contributed by atoms with Crippen LogP contribution in [0.15, 0.2) is 35.0 Å². The van der Waals surface area contributed by atoms with E-state index >= 15 is 0 Å². The maximum absolute atomic E-state index is 11.9. The second-order valence-corrected chi connectivity index (χ2v) is 7.02. The molecule has 3 aromatic heterocycles. The number of nitrogens with zero attached hydrogens (tertiary/aromatic N) is 4. The molecule has 0 aliphatic carbocycles. The Kier molecular flexibility index (Phi) is 5.16. The van der Waals surface area contributed by atoms with Crippen molar-refractivity contribution in [2.24, 2.45) is 7.05 Å². The molecular formula is C21H24N6O2. The van der Waals surface area contributed by atoms with Crippen LogP contribution in [0.5, 0.6) is 0 Å². The summed E-state index contributed by atoms with van der Waals surface area (Å²) in [5.41, 5.74) is 4.58. The summed E-state index contributed by atoms with van der Waals surface area (Å²) in [6.07, 6.45) is 4.21. The van der Waals surface area contributed by atoms with Crippen LogP contribution in [-0.4, -0.2) is 32.5 Å². The first kappa shape index (κ1) is 18.9. The normalized spacial score (nSPS) is 11.3. The third-order valence-corrected chi connectivity index (χ3v) is 4.87. The number of imidazole rings is 1. The summed E-state index contributed by atoms with van der Waals surface area (Å²) in [6.45, 7) is 2.55. The lowest BCUT2D eigenvalue weighted by molar-refractivity contribution is -0.121. The first-order valence-electron chi connectivity index (χ1n) is 9.76. The van der Waals surface area contributed by atoms with Gasteiger partial charge < -0.3 is 19.6 Å². The van der Waals surface area contributed by atoms with Crippen LogP contribution >= 0.6 is 0 Å². The van der Waals surface area contributed by atoms with Gasteiger partial charge in [0.1, 0.15) is 11.0 Å². The Morgan fingerprint density at radius 2 is 2.10 bits per heavy atom. The third-order valence-electron chi connectivity index (χ3n) is 4.87. The van der Waals surface area contributed by atoms with Gasteiger partial charge in [0.25, 0.3) is 5.71 Å². The van der Waals surface area contributed by atoms with Gasteiger partial charge in [0.15, 0.2) is 11.3 Å². The minimum atomic E-state index is 0.0708. The number of anilines is 1. The van der Waals surface area contributed by atoms with Crippen molar-refractivity contribution in [3.8, 4) is 11.5 Å². The van der Waals surface area contributed by atoms with Gasteiger partial charge in [-0.05, 0) is 24.1 Å². The van der Waals surface area contributed by atoms with Gasteiger partial charge in [-0.25, -0.2) is 9.97 Å². The molecule has 0 aliphatic rings. The molecule has 2 N–H and O–H groups in total. The Hall–Kier alpha value is -3.42. The number of rotatable bonds is 7. The molecule has 0 unspecified atom stereocenters. The van der Waals surface area contributed by atoms with E-state index in [2.05, 4.69) is 27.5 Å². The molecule has 1 aromatic carbocycles. The largest absolute Gasteiger partial charge is 0.418 e. The molecule has 0 atom stereocenters. The number of fused-ring (bicyclic) bond motifs is 3. The van der Waals surface area contributed by atoms with Crippen molar-refractivity contribution in [3.63, 3.8) is 0 Å². The van der Waals surface area contributed by atoms with Gasteiger partial charge in [-0.1, -0.05) is 25.5 Å². The fourth-order valence-corrected chi connectivity index (χ4v) is 3.32. The van der Waals surface area contributed by atoms with Gasteiger partial charge in [0.2, 0.25) is 11.8 Å². The summed E-state index contributed by atoms with van der Waals surface area (Å²) in [5.74, 6) is 1.21. The number of hydrogen-bond donors (Lipinski definition) is 2. The molecule has 0 aliphatic heterocycles. The van der Waals surface area contributed by atoms with Gasteiger partial charge >= 0.3 is 0 Å². The number of unbranched alkanes of at least 4 members (excludes halogenated alkanes) is 1. The molecule has 0 saturated heterocycles. The molecule has 4 aromatic rings. The van der Waals surface area contributed by atoms with Crippen LogP contribution in [0, 0.1) is 0 Å². The smallest absolute Gasteiger partial charge is 0.251 e. The van der Waals surface area contributed by atoms with Crippen LogP contribution in [0.2, 0.25) is 0 Å². The first-order chi connectivity index (χ1) is 14.1. The molecule has 0 bridgehead atoms. The molecule has 8 nitrogen and oxygen atoms in total. The Labute approximate surface area is 168 Å². The molecular weight excluding hydrogens is 368 g/mol. The molecule has 0 fully saturated rings. The standard InChI is InChI=1S/C21H24N6O2/c1-4-5-9-15(28)23-11-13-7-6-8-14(10-13)20-25-17-18-16(24-12-27(18)3)19(22-2)26-21(17)29-20/h6-8,10,12H,4-5,9,11H2,1-3H3,(H,22,26)(H,23,28). The molecule has 3 heterocycles. The molecule has 0 radical (unpaired) electrons. The lowest BCUT2D eigenvalue weighted by atomic mass is 10.1. The van der Waals surface area contributed by atoms with Crippen molar-refractivity contribution in [2.75, 3.05) is 12.4 Å². The van der Waals surface area contributed by atoms with Gasteiger partial charge in [-0.3, -0.25) is 4.79 Å². The van der Waals surface area contributed by atoms with Crippen molar-refractivity contribution >= 4 is 34.0 Å². The number of oxazole rings is 1. The lowest BCUT2D eigenvalue weighted by Crippen LogP contribution is -2.22. The first-order valence-corrected chi connectivity index (χ1v) is 9.76. The van der Waals surface area contributed by atoms with Gasteiger partial charge in [0.05, 0.1) is 6.33 Å². The topological polar surface area (TPSA) is 97.9 Å². The zero-order valence-electron chi connectivity index (χ0n) is 16.8. The summed E-state index contributed by atoms with van der Waals surface area (Å²) in [4.78, 5) is 25.5. The maximum atomic E-state index is 11.9. The Morgan fingerprint density at radius 3 is 2.90 bits per heavy atom. The number of hydrogen-bond acceptors (Lipinski definition) is 6. The molecule has 4 rings (SSSR count). The van der Waals surface area contributed by atoms with Crippen LogP contribution in [-0.2, 0) is 18.4 Å². The Morgan fingerprint density at radius 1 is 1.24 bits per heavy atom. The highest BCUT2D eigenvalue weighted by molar-refractivity contribution is 6.03. The summed E-state index contributed by atoms with van der Waals surface area (Å²) >= 11 is 0. The third kappa shape index (κ3) is 3.65. The summed E-state index contributed by atoms with van der Waals surface area (Å²) in [7, 11) is 3.72. The van der Waals surface area contributed by atoms with Gasteiger partial charge in [-0.2, -0.15) is 4.98 Å². The van der Waals surface area contributed by atoms with E-state index in [1.54, 1.807) is 13.4 Å². The van der Waals surface area contributed by atoms with Crippen LogP contribution in [0.25, 0.3) is 33.7 Å². The van der Waals surface area contributed by atoms with Crippen molar-refractivity contribution in [3.05, 3.63) is 36.2 Å². The van der Waals surface area contributed by atoms with Gasteiger partial charge in [0, 0.05) is 32.6 Å². The highest BCUT2D eigenvalue weighted by Gasteiger charge is 2.18. The number of carbonyl (C=O) groups excluding carboxylic acids is 1. The van der Waals surface area contributed by atoms with Crippen LogP contribution in [0.3, 0.4) is 0 Å². The molecule has 29 heavy (non-hydrogen) atoms. The molecule has 1 amide bonds. The number of carbonyl (C=O) groups is 1. The fraction of sp³-hybridized carbons (Fsp3) is 0.333. The van der Waals surface area contributed by atoms with E-state index in [0.29, 0.717) is 35.9 Å². The Balaban J connectivity index is 1.66. The van der Waals surface area contributed by atoms with Crippen molar-refractivity contribution < 1.29 is 9.21 Å². The van der Waals surface area contributed by atoms with Crippen LogP contribution in [0.4, 0.5) is 5.82 Å².